The zero-order chi connectivity index (χ0) is 61.4. The zero-order valence-electron chi connectivity index (χ0n) is 56.1. The molecular formula is C74H137N2O7P. The number of amides is 1. The summed E-state index contributed by atoms with van der Waals surface area (Å²) >= 11 is 0. The highest BCUT2D eigenvalue weighted by molar-refractivity contribution is 7.45. The second-order valence-electron chi connectivity index (χ2n) is 25.4. The molecule has 0 bridgehead atoms. The predicted octanol–water partition coefficient (Wildman–Crippen LogP) is 22.1. The fourth-order valence-electron chi connectivity index (χ4n) is 10.4. The van der Waals surface area contributed by atoms with E-state index in [1.165, 1.54) is 199 Å². The van der Waals surface area contributed by atoms with Crippen LogP contribution >= 0.6 is 7.82 Å². The Balaban J connectivity index is 5.08. The Kier molecular flexibility index (Phi) is 61.5. The number of carbonyl (C=O) groups excluding carboxylic acids is 2. The number of esters is 1. The Morgan fingerprint density at radius 1 is 0.429 bits per heavy atom. The minimum Gasteiger partial charge on any atom is -0.756 e. The lowest BCUT2D eigenvalue weighted by Gasteiger charge is -2.30. The van der Waals surface area contributed by atoms with Gasteiger partial charge in [0.2, 0.25) is 5.91 Å². The fourth-order valence-corrected chi connectivity index (χ4v) is 11.2. The standard InChI is InChI=1S/C74H137N2O7P/c1-7-10-13-16-19-22-25-28-30-32-34-36-38-40-42-44-46-48-51-54-57-60-63-66-73(77)75-71(70-82-84(79,80)81-69-68-76(4,5)6)72(65-62-59-56-53-50-27-24-21-18-15-12-9-3)83-74(78)67-64-61-58-55-52-49-47-45-43-41-39-37-35-33-31-29-26-23-20-17-14-11-8-2/h10,13,19,22,28,30,34,36,40,42,62,65,71-72H,7-9,11-12,14-18,20-21,23-27,29,31-33,35,37-39,41,43-61,63-64,66-70H2,1-6H3,(H-,75,77,79,80)/b13-10-,22-19-,30-28-,36-34-,42-40-,65-62+. The average Bonchev–Trinajstić information content (AvgIpc) is 3.64. The van der Waals surface area contributed by atoms with Crippen LogP contribution in [-0.4, -0.2) is 69.4 Å². The van der Waals surface area contributed by atoms with Crippen molar-refractivity contribution in [3.05, 3.63) is 72.9 Å². The van der Waals surface area contributed by atoms with Crippen molar-refractivity contribution in [2.75, 3.05) is 40.9 Å². The van der Waals surface area contributed by atoms with Gasteiger partial charge in [0, 0.05) is 12.8 Å². The van der Waals surface area contributed by atoms with Crippen LogP contribution in [0.1, 0.15) is 335 Å². The summed E-state index contributed by atoms with van der Waals surface area (Å²) in [6.45, 7) is 6.76. The summed E-state index contributed by atoms with van der Waals surface area (Å²) in [4.78, 5) is 40.2. The number of nitrogens with zero attached hydrogens (tertiary/aromatic N) is 1. The van der Waals surface area contributed by atoms with E-state index in [1.807, 2.05) is 33.3 Å². The number of carbonyl (C=O) groups is 2. The zero-order valence-corrected chi connectivity index (χ0v) is 57.0. The molecule has 84 heavy (non-hydrogen) atoms. The van der Waals surface area contributed by atoms with Gasteiger partial charge < -0.3 is 28.5 Å². The average molecular weight is 1200 g/mol. The van der Waals surface area contributed by atoms with E-state index in [2.05, 4.69) is 86.8 Å². The normalized spacial score (nSPS) is 13.9. The van der Waals surface area contributed by atoms with Gasteiger partial charge in [-0.15, -0.1) is 0 Å². The number of hydrogen-bond donors (Lipinski definition) is 1. The second kappa shape index (κ2) is 63.5. The second-order valence-corrected chi connectivity index (χ2v) is 26.8. The van der Waals surface area contributed by atoms with Gasteiger partial charge in [-0.1, -0.05) is 319 Å². The molecule has 0 aliphatic heterocycles. The van der Waals surface area contributed by atoms with E-state index < -0.39 is 26.6 Å². The van der Waals surface area contributed by atoms with Crippen LogP contribution in [0.25, 0.3) is 0 Å². The van der Waals surface area contributed by atoms with Crippen LogP contribution in [0.4, 0.5) is 0 Å². The van der Waals surface area contributed by atoms with Gasteiger partial charge in [0.15, 0.2) is 0 Å². The van der Waals surface area contributed by atoms with Gasteiger partial charge in [-0.2, -0.15) is 0 Å². The first-order valence-electron chi connectivity index (χ1n) is 35.7. The molecule has 0 radical (unpaired) electrons. The highest BCUT2D eigenvalue weighted by atomic mass is 31.2. The highest BCUT2D eigenvalue weighted by Gasteiger charge is 2.27. The lowest BCUT2D eigenvalue weighted by Crippen LogP contribution is -2.47. The van der Waals surface area contributed by atoms with Crippen molar-refractivity contribution < 1.29 is 37.3 Å². The lowest BCUT2D eigenvalue weighted by atomic mass is 10.0. The Morgan fingerprint density at radius 2 is 0.762 bits per heavy atom. The maximum absolute atomic E-state index is 13.6. The van der Waals surface area contributed by atoms with Crippen molar-refractivity contribution in [1.29, 1.82) is 0 Å². The lowest BCUT2D eigenvalue weighted by molar-refractivity contribution is -0.870. The van der Waals surface area contributed by atoms with E-state index in [0.29, 0.717) is 17.4 Å². The summed E-state index contributed by atoms with van der Waals surface area (Å²) in [5, 5.41) is 3.04. The van der Waals surface area contributed by atoms with Gasteiger partial charge in [0.25, 0.3) is 7.82 Å². The number of nitrogens with one attached hydrogen (secondary N) is 1. The van der Waals surface area contributed by atoms with Crippen molar-refractivity contribution in [1.82, 2.24) is 5.32 Å². The molecule has 490 valence electrons. The van der Waals surface area contributed by atoms with E-state index in [9.17, 15) is 19.0 Å². The minimum atomic E-state index is -4.71. The first-order chi connectivity index (χ1) is 40.9. The molecule has 1 N–H and O–H groups in total. The number of quaternary nitrogens is 1. The van der Waals surface area contributed by atoms with Crippen LogP contribution in [0.3, 0.4) is 0 Å². The van der Waals surface area contributed by atoms with E-state index in [4.69, 9.17) is 13.8 Å². The van der Waals surface area contributed by atoms with Crippen LogP contribution in [0.5, 0.6) is 0 Å². The molecule has 0 aromatic heterocycles. The summed E-state index contributed by atoms with van der Waals surface area (Å²) in [6, 6.07) is -0.896. The molecule has 0 rings (SSSR count). The van der Waals surface area contributed by atoms with Crippen LogP contribution in [0, 0.1) is 0 Å². The van der Waals surface area contributed by atoms with Crippen molar-refractivity contribution in [3.8, 4) is 0 Å². The number of allylic oxidation sites excluding steroid dienone is 11. The molecule has 0 aromatic rings. The molecule has 0 spiro atoms. The molecule has 9 nitrogen and oxygen atoms in total. The number of hydrogen-bond acceptors (Lipinski definition) is 7. The molecule has 0 aliphatic carbocycles. The molecule has 3 unspecified atom stereocenters. The van der Waals surface area contributed by atoms with Crippen molar-refractivity contribution >= 4 is 19.7 Å². The van der Waals surface area contributed by atoms with Crippen LogP contribution in [0.15, 0.2) is 72.9 Å². The molecule has 0 aromatic carbocycles. The predicted molar refractivity (Wildman–Crippen MR) is 362 cm³/mol. The molecule has 0 saturated heterocycles. The first kappa shape index (κ1) is 81.5. The number of likely N-dealkylation sites (N-methyl/N-ethyl adjacent to an activating group) is 1. The number of unbranched alkanes of at least 4 members (excludes halogenated alkanes) is 39. The summed E-state index contributed by atoms with van der Waals surface area (Å²) in [6.07, 6.45) is 83.1. The quantitative estimate of drug-likeness (QED) is 0.0212. The van der Waals surface area contributed by atoms with Gasteiger partial charge >= 0.3 is 5.97 Å². The van der Waals surface area contributed by atoms with Crippen molar-refractivity contribution in [2.45, 2.75) is 348 Å². The number of phosphoric ester groups is 1. The largest absolute Gasteiger partial charge is 0.756 e. The van der Waals surface area contributed by atoms with Gasteiger partial charge in [0.05, 0.1) is 33.8 Å². The maximum Gasteiger partial charge on any atom is 0.306 e. The first-order valence-corrected chi connectivity index (χ1v) is 37.2. The van der Waals surface area contributed by atoms with E-state index in [-0.39, 0.29) is 24.9 Å². The summed E-state index contributed by atoms with van der Waals surface area (Å²) in [5.41, 5.74) is 0. The van der Waals surface area contributed by atoms with Gasteiger partial charge in [-0.05, 0) is 76.7 Å². The van der Waals surface area contributed by atoms with Crippen molar-refractivity contribution in [2.24, 2.45) is 0 Å². The molecule has 0 fully saturated rings. The van der Waals surface area contributed by atoms with Gasteiger partial charge in [-0.3, -0.25) is 14.2 Å². The van der Waals surface area contributed by atoms with Gasteiger partial charge in [0.1, 0.15) is 19.3 Å². The van der Waals surface area contributed by atoms with Crippen LogP contribution < -0.4 is 10.2 Å². The summed E-state index contributed by atoms with van der Waals surface area (Å²) in [5.74, 6) is -0.542. The van der Waals surface area contributed by atoms with E-state index in [1.54, 1.807) is 0 Å². The number of rotatable bonds is 65. The third kappa shape index (κ3) is 63.9. The Labute approximate surface area is 521 Å². The van der Waals surface area contributed by atoms with Gasteiger partial charge in [-0.25, -0.2) is 0 Å². The Hall–Kier alpha value is -2.55. The molecule has 0 saturated carbocycles. The molecular weight excluding hydrogens is 1060 g/mol. The fraction of sp³-hybridized carbons (Fsp3) is 0.811. The van der Waals surface area contributed by atoms with E-state index in [0.717, 1.165) is 103 Å². The topological polar surface area (TPSA) is 114 Å². The number of phosphoric acid groups is 1. The minimum absolute atomic E-state index is 0.0255. The third-order valence-electron chi connectivity index (χ3n) is 15.9. The monoisotopic (exact) mass is 1200 g/mol. The molecule has 3 atom stereocenters. The van der Waals surface area contributed by atoms with E-state index >= 15 is 0 Å². The maximum atomic E-state index is 13.6. The third-order valence-corrected chi connectivity index (χ3v) is 16.9. The summed E-state index contributed by atoms with van der Waals surface area (Å²) in [7, 11) is 1.18. The molecule has 10 heteroatoms. The molecule has 0 aliphatic rings. The molecule has 1 amide bonds. The number of ether oxygens (including phenoxy) is 1. The Bertz CT molecular complexity index is 1670. The van der Waals surface area contributed by atoms with Crippen LogP contribution in [-0.2, 0) is 27.9 Å². The smallest absolute Gasteiger partial charge is 0.306 e. The molecule has 0 heterocycles. The highest BCUT2D eigenvalue weighted by Crippen LogP contribution is 2.38. The van der Waals surface area contributed by atoms with Crippen molar-refractivity contribution in [3.63, 3.8) is 0 Å². The Morgan fingerprint density at radius 3 is 1.14 bits per heavy atom. The van der Waals surface area contributed by atoms with Crippen LogP contribution in [0.2, 0.25) is 0 Å². The SMILES string of the molecule is CC/C=C\C/C=C\C/C=C\C/C=C\C/C=C\CCCCCCCCCC(=O)NC(COP(=O)([O-])OCC[N+](C)(C)C)C(/C=C/CCCCCCCCCCCC)OC(=O)CCCCCCCCCCCCCCCCCCCCCCCCC. The summed E-state index contributed by atoms with van der Waals surface area (Å²) < 4.78 is 30.5.